The second kappa shape index (κ2) is 6.56. The molecule has 2 rings (SSSR count). The normalized spacial score (nSPS) is 11.0. The lowest BCUT2D eigenvalue weighted by Crippen LogP contribution is -2.28. The Morgan fingerprint density at radius 1 is 1.13 bits per heavy atom. The number of carbonyl (C=O) groups is 2. The molecule has 0 atom stereocenters. The highest BCUT2D eigenvalue weighted by Crippen LogP contribution is 2.14. The van der Waals surface area contributed by atoms with Crippen molar-refractivity contribution in [2.45, 2.75) is 33.2 Å². The van der Waals surface area contributed by atoms with Crippen LogP contribution in [0.5, 0.6) is 0 Å². The molecule has 23 heavy (non-hydrogen) atoms. The van der Waals surface area contributed by atoms with E-state index in [-0.39, 0.29) is 22.9 Å². The molecule has 0 spiro atoms. The Morgan fingerprint density at radius 3 is 2.52 bits per heavy atom. The van der Waals surface area contributed by atoms with E-state index in [2.05, 4.69) is 20.6 Å². The van der Waals surface area contributed by atoms with Gasteiger partial charge in [-0.25, -0.2) is 9.97 Å². The minimum Gasteiger partial charge on any atom is -0.350 e. The van der Waals surface area contributed by atoms with Gasteiger partial charge in [-0.3, -0.25) is 9.59 Å². The summed E-state index contributed by atoms with van der Waals surface area (Å²) < 4.78 is 0. The van der Waals surface area contributed by atoms with Crippen LogP contribution in [-0.2, 0) is 0 Å². The first-order valence-corrected chi connectivity index (χ1v) is 7.28. The second-order valence-electron chi connectivity index (χ2n) is 6.23. The molecule has 1 aromatic carbocycles. The summed E-state index contributed by atoms with van der Waals surface area (Å²) >= 11 is 0. The van der Waals surface area contributed by atoms with Gasteiger partial charge in [0.05, 0.1) is 0 Å². The third-order valence-electron chi connectivity index (χ3n) is 2.90. The zero-order valence-corrected chi connectivity index (χ0v) is 13.7. The van der Waals surface area contributed by atoms with Crippen molar-refractivity contribution < 1.29 is 9.59 Å². The molecule has 0 bridgehead atoms. The molecule has 6 nitrogen and oxygen atoms in total. The van der Waals surface area contributed by atoms with E-state index in [1.54, 1.807) is 24.3 Å². The van der Waals surface area contributed by atoms with Gasteiger partial charge in [0.1, 0.15) is 5.69 Å². The number of anilines is 2. The predicted octanol–water partition coefficient (Wildman–Crippen LogP) is 3.14. The molecule has 1 aromatic heterocycles. The SMILES string of the molecule is CC(=O)c1cccc(NC(=O)c2ccnc(NC(C)(C)C)n2)c1. The van der Waals surface area contributed by atoms with Crippen molar-refractivity contribution in [3.63, 3.8) is 0 Å². The van der Waals surface area contributed by atoms with Gasteiger partial charge >= 0.3 is 0 Å². The van der Waals surface area contributed by atoms with Crippen LogP contribution in [0.15, 0.2) is 36.5 Å². The summed E-state index contributed by atoms with van der Waals surface area (Å²) in [5, 5.41) is 5.85. The lowest BCUT2D eigenvalue weighted by Gasteiger charge is -2.20. The summed E-state index contributed by atoms with van der Waals surface area (Å²) in [5.74, 6) is -0.0208. The molecule has 120 valence electrons. The van der Waals surface area contributed by atoms with Crippen molar-refractivity contribution >= 4 is 23.3 Å². The van der Waals surface area contributed by atoms with Crippen molar-refractivity contribution in [2.24, 2.45) is 0 Å². The maximum atomic E-state index is 12.3. The highest BCUT2D eigenvalue weighted by atomic mass is 16.2. The minimum absolute atomic E-state index is 0.0557. The van der Waals surface area contributed by atoms with Crippen molar-refractivity contribution in [3.05, 3.63) is 47.8 Å². The van der Waals surface area contributed by atoms with E-state index in [4.69, 9.17) is 0 Å². The van der Waals surface area contributed by atoms with Gasteiger partial charge in [0.2, 0.25) is 5.95 Å². The number of ketones is 1. The Hall–Kier alpha value is -2.76. The molecule has 0 saturated carbocycles. The Balaban J connectivity index is 2.16. The van der Waals surface area contributed by atoms with E-state index < -0.39 is 0 Å². The van der Waals surface area contributed by atoms with Crippen LogP contribution in [0, 0.1) is 0 Å². The fraction of sp³-hybridized carbons (Fsp3) is 0.294. The largest absolute Gasteiger partial charge is 0.350 e. The van der Waals surface area contributed by atoms with Gasteiger partial charge < -0.3 is 10.6 Å². The van der Waals surface area contributed by atoms with E-state index in [0.29, 0.717) is 17.2 Å². The van der Waals surface area contributed by atoms with E-state index in [1.165, 1.54) is 19.2 Å². The van der Waals surface area contributed by atoms with Gasteiger partial charge in [0, 0.05) is 23.0 Å². The van der Waals surface area contributed by atoms with Crippen LogP contribution in [0.1, 0.15) is 48.5 Å². The number of Topliss-reactive ketones (excluding diaryl/α,β-unsaturated/α-hetero) is 1. The van der Waals surface area contributed by atoms with Gasteiger partial charge in [-0.1, -0.05) is 12.1 Å². The lowest BCUT2D eigenvalue weighted by atomic mass is 10.1. The maximum Gasteiger partial charge on any atom is 0.274 e. The van der Waals surface area contributed by atoms with Crippen LogP contribution in [-0.4, -0.2) is 27.2 Å². The number of amides is 1. The Morgan fingerprint density at radius 2 is 1.87 bits per heavy atom. The summed E-state index contributed by atoms with van der Waals surface area (Å²) in [6.07, 6.45) is 1.53. The molecular formula is C17H20N4O2. The average molecular weight is 312 g/mol. The Kier molecular flexibility index (Phi) is 4.74. The second-order valence-corrected chi connectivity index (χ2v) is 6.23. The predicted molar refractivity (Wildman–Crippen MR) is 89.8 cm³/mol. The molecule has 2 N–H and O–H groups in total. The first-order chi connectivity index (χ1) is 10.7. The standard InChI is InChI=1S/C17H20N4O2/c1-11(22)12-6-5-7-13(10-12)19-15(23)14-8-9-18-16(20-14)21-17(2,3)4/h5-10H,1-4H3,(H,19,23)(H,18,20,21). The molecule has 1 amide bonds. The molecule has 0 aliphatic rings. The molecule has 0 aliphatic carbocycles. The van der Waals surface area contributed by atoms with Crippen molar-refractivity contribution in [1.29, 1.82) is 0 Å². The quantitative estimate of drug-likeness (QED) is 0.847. The molecule has 0 radical (unpaired) electrons. The van der Waals surface area contributed by atoms with Crippen LogP contribution in [0.25, 0.3) is 0 Å². The fourth-order valence-electron chi connectivity index (χ4n) is 1.89. The van der Waals surface area contributed by atoms with E-state index in [1.807, 2.05) is 20.8 Å². The highest BCUT2D eigenvalue weighted by Gasteiger charge is 2.14. The van der Waals surface area contributed by atoms with Gasteiger partial charge in [-0.05, 0) is 45.9 Å². The number of rotatable bonds is 4. The van der Waals surface area contributed by atoms with Crippen molar-refractivity contribution in [2.75, 3.05) is 10.6 Å². The first kappa shape index (κ1) is 16.6. The van der Waals surface area contributed by atoms with Crippen LogP contribution in [0.2, 0.25) is 0 Å². The van der Waals surface area contributed by atoms with Crippen LogP contribution >= 0.6 is 0 Å². The summed E-state index contributed by atoms with van der Waals surface area (Å²) in [7, 11) is 0. The molecule has 1 heterocycles. The van der Waals surface area contributed by atoms with Crippen molar-refractivity contribution in [3.8, 4) is 0 Å². The summed E-state index contributed by atoms with van der Waals surface area (Å²) in [6.45, 7) is 7.43. The molecule has 0 aliphatic heterocycles. The minimum atomic E-state index is -0.356. The molecule has 0 unspecified atom stereocenters. The van der Waals surface area contributed by atoms with E-state index in [9.17, 15) is 9.59 Å². The third-order valence-corrected chi connectivity index (χ3v) is 2.90. The summed E-state index contributed by atoms with van der Waals surface area (Å²) in [6, 6.07) is 8.32. The summed E-state index contributed by atoms with van der Waals surface area (Å²) in [4.78, 5) is 32.0. The number of nitrogens with one attached hydrogen (secondary N) is 2. The van der Waals surface area contributed by atoms with E-state index >= 15 is 0 Å². The number of hydrogen-bond acceptors (Lipinski definition) is 5. The number of benzene rings is 1. The lowest BCUT2D eigenvalue weighted by molar-refractivity contribution is 0.100. The highest BCUT2D eigenvalue weighted by molar-refractivity contribution is 6.04. The van der Waals surface area contributed by atoms with Crippen LogP contribution in [0.3, 0.4) is 0 Å². The first-order valence-electron chi connectivity index (χ1n) is 7.28. The molecule has 0 fully saturated rings. The number of nitrogens with zero attached hydrogens (tertiary/aromatic N) is 2. The maximum absolute atomic E-state index is 12.3. The molecule has 2 aromatic rings. The van der Waals surface area contributed by atoms with Gasteiger partial charge in [-0.2, -0.15) is 0 Å². The van der Waals surface area contributed by atoms with Crippen LogP contribution in [0.4, 0.5) is 11.6 Å². The Labute approximate surface area is 135 Å². The third kappa shape index (κ3) is 4.88. The molecular weight excluding hydrogens is 292 g/mol. The Bertz CT molecular complexity index is 735. The monoisotopic (exact) mass is 312 g/mol. The van der Waals surface area contributed by atoms with Gasteiger partial charge in [0.15, 0.2) is 5.78 Å². The number of aromatic nitrogens is 2. The van der Waals surface area contributed by atoms with Crippen molar-refractivity contribution in [1.82, 2.24) is 9.97 Å². The van der Waals surface area contributed by atoms with Gasteiger partial charge in [0.25, 0.3) is 5.91 Å². The topological polar surface area (TPSA) is 84.0 Å². The number of hydrogen-bond donors (Lipinski definition) is 2. The van der Waals surface area contributed by atoms with Gasteiger partial charge in [-0.15, -0.1) is 0 Å². The summed E-state index contributed by atoms with van der Waals surface area (Å²) in [5.41, 5.74) is 1.14. The zero-order chi connectivity index (χ0) is 17.0. The fourth-order valence-corrected chi connectivity index (χ4v) is 1.89. The zero-order valence-electron chi connectivity index (χ0n) is 13.7. The smallest absolute Gasteiger partial charge is 0.274 e. The molecule has 0 saturated heterocycles. The average Bonchev–Trinajstić information content (AvgIpc) is 2.46. The van der Waals surface area contributed by atoms with E-state index in [0.717, 1.165) is 0 Å². The van der Waals surface area contributed by atoms with Crippen LogP contribution < -0.4 is 10.6 Å². The molecule has 6 heteroatoms. The number of carbonyl (C=O) groups excluding carboxylic acids is 2.